The molecule has 0 saturated heterocycles. The summed E-state index contributed by atoms with van der Waals surface area (Å²) in [7, 11) is 1.39. The Kier molecular flexibility index (Phi) is 4.42. The number of methoxy groups -OCH3 is 1. The molecular formula is C28H28N2O3. The number of carbonyl (C=O) groups excluding carboxylic acids is 1. The molecule has 1 fully saturated rings. The van der Waals surface area contributed by atoms with Crippen molar-refractivity contribution < 1.29 is 14.3 Å². The number of hydrogen-bond acceptors (Lipinski definition) is 5. The zero-order valence-corrected chi connectivity index (χ0v) is 19.5. The van der Waals surface area contributed by atoms with E-state index < -0.39 is 0 Å². The monoisotopic (exact) mass is 440 g/mol. The summed E-state index contributed by atoms with van der Waals surface area (Å²) in [5, 5.41) is 2.12. The van der Waals surface area contributed by atoms with Gasteiger partial charge in [-0.15, -0.1) is 0 Å². The van der Waals surface area contributed by atoms with Crippen LogP contribution in [0.15, 0.2) is 42.5 Å². The molecule has 0 spiro atoms. The van der Waals surface area contributed by atoms with Gasteiger partial charge < -0.3 is 9.47 Å². The Balaban J connectivity index is 1.71. The Hall–Kier alpha value is -3.21. The molecule has 2 heterocycles. The van der Waals surface area contributed by atoms with Crippen molar-refractivity contribution in [3.8, 4) is 5.75 Å². The molecule has 0 bridgehead atoms. The lowest BCUT2D eigenvalue weighted by atomic mass is 9.64. The molecule has 1 aliphatic heterocycles. The van der Waals surface area contributed by atoms with Crippen molar-refractivity contribution in [3.63, 3.8) is 0 Å². The lowest BCUT2D eigenvalue weighted by Crippen LogP contribution is -2.46. The SMILES string of the molecule is COC(=O)c1ccc2nc3c4c(c5ccccc5c3nc2c1)OC(C)(C)[C@H]1CC[C@H](C)C[C@H]41. The summed E-state index contributed by atoms with van der Waals surface area (Å²) in [5.74, 6) is 2.11. The Bertz CT molecular complexity index is 1440. The maximum absolute atomic E-state index is 12.1. The molecule has 1 aromatic heterocycles. The summed E-state index contributed by atoms with van der Waals surface area (Å²) < 4.78 is 11.7. The predicted molar refractivity (Wildman–Crippen MR) is 130 cm³/mol. The van der Waals surface area contributed by atoms with Crippen LogP contribution in [0.2, 0.25) is 0 Å². The number of carbonyl (C=O) groups is 1. The van der Waals surface area contributed by atoms with Gasteiger partial charge >= 0.3 is 5.97 Å². The number of aromatic nitrogens is 2. The van der Waals surface area contributed by atoms with Crippen molar-refractivity contribution in [2.45, 2.75) is 51.6 Å². The van der Waals surface area contributed by atoms with Gasteiger partial charge in [-0.3, -0.25) is 0 Å². The molecule has 5 heteroatoms. The number of benzene rings is 3. The highest BCUT2D eigenvalue weighted by Gasteiger charge is 2.47. The van der Waals surface area contributed by atoms with Crippen LogP contribution in [0.5, 0.6) is 5.75 Å². The van der Waals surface area contributed by atoms with Gasteiger partial charge in [-0.1, -0.05) is 37.6 Å². The van der Waals surface area contributed by atoms with Gasteiger partial charge in [0.05, 0.1) is 34.7 Å². The zero-order valence-electron chi connectivity index (χ0n) is 19.5. The van der Waals surface area contributed by atoms with E-state index in [4.69, 9.17) is 19.4 Å². The Morgan fingerprint density at radius 3 is 2.58 bits per heavy atom. The highest BCUT2D eigenvalue weighted by atomic mass is 16.5. The second kappa shape index (κ2) is 7.14. The first-order valence-electron chi connectivity index (χ1n) is 11.8. The summed E-state index contributed by atoms with van der Waals surface area (Å²) in [6.07, 6.45) is 3.54. The summed E-state index contributed by atoms with van der Waals surface area (Å²) in [6, 6.07) is 13.7. The summed E-state index contributed by atoms with van der Waals surface area (Å²) in [4.78, 5) is 22.3. The minimum absolute atomic E-state index is 0.228. The van der Waals surface area contributed by atoms with Gasteiger partial charge in [0.15, 0.2) is 0 Å². The molecule has 0 radical (unpaired) electrons. The Morgan fingerprint density at radius 2 is 1.79 bits per heavy atom. The van der Waals surface area contributed by atoms with Crippen LogP contribution in [-0.2, 0) is 4.74 Å². The van der Waals surface area contributed by atoms with Crippen LogP contribution in [0.4, 0.5) is 0 Å². The molecule has 0 unspecified atom stereocenters. The average Bonchev–Trinajstić information content (AvgIpc) is 2.81. The van der Waals surface area contributed by atoms with E-state index in [0.717, 1.165) is 45.9 Å². The van der Waals surface area contributed by atoms with Crippen LogP contribution in [0, 0.1) is 11.8 Å². The Labute approximate surface area is 193 Å². The summed E-state index contributed by atoms with van der Waals surface area (Å²) >= 11 is 0. The fraction of sp³-hybridized carbons (Fsp3) is 0.393. The first-order chi connectivity index (χ1) is 15.9. The van der Waals surface area contributed by atoms with Crippen molar-refractivity contribution in [2.24, 2.45) is 11.8 Å². The highest BCUT2D eigenvalue weighted by molar-refractivity contribution is 6.11. The maximum Gasteiger partial charge on any atom is 0.337 e. The van der Waals surface area contributed by atoms with E-state index in [9.17, 15) is 4.79 Å². The Morgan fingerprint density at radius 1 is 1.03 bits per heavy atom. The molecule has 168 valence electrons. The van der Waals surface area contributed by atoms with Crippen LogP contribution >= 0.6 is 0 Å². The van der Waals surface area contributed by atoms with E-state index in [-0.39, 0.29) is 11.6 Å². The molecular weight excluding hydrogens is 412 g/mol. The lowest BCUT2D eigenvalue weighted by molar-refractivity contribution is -0.0115. The summed E-state index contributed by atoms with van der Waals surface area (Å²) in [5.41, 5.74) is 4.74. The molecule has 6 rings (SSSR count). The number of hydrogen-bond donors (Lipinski definition) is 0. The third kappa shape index (κ3) is 3.01. The van der Waals surface area contributed by atoms with Crippen molar-refractivity contribution >= 4 is 38.8 Å². The van der Waals surface area contributed by atoms with Gasteiger partial charge in [-0.2, -0.15) is 0 Å². The first kappa shape index (κ1) is 20.4. The molecule has 2 aliphatic rings. The van der Waals surface area contributed by atoms with Crippen molar-refractivity contribution in [3.05, 3.63) is 53.6 Å². The zero-order chi connectivity index (χ0) is 22.9. The van der Waals surface area contributed by atoms with Crippen molar-refractivity contribution in [1.29, 1.82) is 0 Å². The van der Waals surface area contributed by atoms with Gasteiger partial charge in [-0.25, -0.2) is 14.8 Å². The molecule has 1 saturated carbocycles. The molecule has 5 nitrogen and oxygen atoms in total. The second-order valence-corrected chi connectivity index (χ2v) is 10.2. The van der Waals surface area contributed by atoms with E-state index in [2.05, 4.69) is 39.0 Å². The third-order valence-corrected chi connectivity index (χ3v) is 7.75. The fourth-order valence-corrected chi connectivity index (χ4v) is 6.14. The van der Waals surface area contributed by atoms with Crippen molar-refractivity contribution in [1.82, 2.24) is 9.97 Å². The maximum atomic E-state index is 12.1. The number of rotatable bonds is 1. The highest BCUT2D eigenvalue weighted by Crippen LogP contribution is 2.56. The third-order valence-electron chi connectivity index (χ3n) is 7.75. The van der Waals surface area contributed by atoms with Gasteiger partial charge in [0.1, 0.15) is 11.4 Å². The van der Waals surface area contributed by atoms with E-state index in [1.54, 1.807) is 12.1 Å². The van der Waals surface area contributed by atoms with Gasteiger partial charge in [0.2, 0.25) is 0 Å². The summed E-state index contributed by atoms with van der Waals surface area (Å²) in [6.45, 7) is 6.84. The average molecular weight is 441 g/mol. The number of fused-ring (bicyclic) bond motifs is 9. The molecule has 33 heavy (non-hydrogen) atoms. The molecule has 0 N–H and O–H groups in total. The van der Waals surface area contributed by atoms with Crippen molar-refractivity contribution in [2.75, 3.05) is 7.11 Å². The normalized spacial score (nSPS) is 23.7. The number of ether oxygens (including phenoxy) is 2. The molecule has 4 aromatic rings. The van der Waals surface area contributed by atoms with Gasteiger partial charge in [0, 0.05) is 22.3 Å². The van der Waals surface area contributed by atoms with Crippen LogP contribution < -0.4 is 4.74 Å². The number of nitrogens with zero attached hydrogens (tertiary/aromatic N) is 2. The topological polar surface area (TPSA) is 61.3 Å². The van der Waals surface area contributed by atoms with Gasteiger partial charge in [-0.05, 0) is 56.7 Å². The molecule has 1 aliphatic carbocycles. The fourth-order valence-electron chi connectivity index (χ4n) is 6.14. The van der Waals surface area contributed by atoms with Crippen LogP contribution in [0.25, 0.3) is 32.8 Å². The standard InChI is InChI=1S/C28H28N2O3/c1-15-9-11-20-19(13-15)23-25-24(17-7-5-6-8-18(17)26(23)33-28(20,2)3)30-22-14-16(27(31)32-4)10-12-21(22)29-25/h5-8,10,12,14-15,19-20H,9,11,13H2,1-4H3/t15-,19-,20-/m0/s1. The number of esters is 1. The van der Waals surface area contributed by atoms with Crippen LogP contribution in [0.1, 0.15) is 61.9 Å². The van der Waals surface area contributed by atoms with Crippen LogP contribution in [-0.4, -0.2) is 28.6 Å². The van der Waals surface area contributed by atoms with E-state index in [1.807, 2.05) is 12.1 Å². The van der Waals surface area contributed by atoms with Gasteiger partial charge in [0.25, 0.3) is 0 Å². The lowest BCUT2D eigenvalue weighted by Gasteiger charge is -2.49. The molecule has 3 aromatic carbocycles. The molecule has 0 amide bonds. The molecule has 3 atom stereocenters. The van der Waals surface area contributed by atoms with E-state index >= 15 is 0 Å². The second-order valence-electron chi connectivity index (χ2n) is 10.2. The minimum atomic E-state index is -0.372. The van der Waals surface area contributed by atoms with E-state index in [1.165, 1.54) is 19.1 Å². The quantitative estimate of drug-likeness (QED) is 0.194. The first-order valence-corrected chi connectivity index (χ1v) is 11.8. The van der Waals surface area contributed by atoms with Crippen LogP contribution in [0.3, 0.4) is 0 Å². The van der Waals surface area contributed by atoms with E-state index in [0.29, 0.717) is 28.8 Å². The predicted octanol–water partition coefficient (Wildman–Crippen LogP) is 6.41. The largest absolute Gasteiger partial charge is 0.487 e. The smallest absolute Gasteiger partial charge is 0.337 e. The minimum Gasteiger partial charge on any atom is -0.487 e.